The van der Waals surface area contributed by atoms with Gasteiger partial charge in [0.1, 0.15) is 11.6 Å². The van der Waals surface area contributed by atoms with Crippen LogP contribution in [0.2, 0.25) is 18.1 Å². The fraction of sp³-hybridized carbons (Fsp3) is 0.667. The molecule has 1 aliphatic carbocycles. The summed E-state index contributed by atoms with van der Waals surface area (Å²) < 4.78 is 38.9. The predicted molar refractivity (Wildman–Crippen MR) is 143 cm³/mol. The van der Waals surface area contributed by atoms with Crippen molar-refractivity contribution in [1.29, 1.82) is 0 Å². The number of ether oxygens (including phenoxy) is 1. The van der Waals surface area contributed by atoms with Crippen molar-refractivity contribution in [3.8, 4) is 0 Å². The molecule has 0 spiro atoms. The number of carbonyl (C=O) groups excluding carboxylic acids is 1. The molecule has 6 nitrogen and oxygen atoms in total. The van der Waals surface area contributed by atoms with Gasteiger partial charge in [-0.2, -0.15) is 0 Å². The number of sulfone groups is 1. The van der Waals surface area contributed by atoms with Gasteiger partial charge in [-0.05, 0) is 76.0 Å². The maximum absolute atomic E-state index is 13.7. The van der Waals surface area contributed by atoms with Crippen LogP contribution in [0.15, 0.2) is 40.6 Å². The molecule has 1 saturated carbocycles. The minimum Gasteiger partial charge on any atom is -0.461 e. The predicted octanol–water partition coefficient (Wildman–Crippen LogP) is 5.62. The lowest BCUT2D eigenvalue weighted by atomic mass is 9.94. The summed E-state index contributed by atoms with van der Waals surface area (Å²) in [6.45, 7) is 13.4. The van der Waals surface area contributed by atoms with Crippen molar-refractivity contribution >= 4 is 24.1 Å². The molecular weight excluding hydrogens is 478 g/mol. The zero-order valence-corrected chi connectivity index (χ0v) is 24.3. The van der Waals surface area contributed by atoms with Gasteiger partial charge < -0.3 is 9.16 Å². The van der Waals surface area contributed by atoms with Gasteiger partial charge in [0.25, 0.3) is 0 Å². The van der Waals surface area contributed by atoms with E-state index in [4.69, 9.17) is 9.16 Å². The first kappa shape index (κ1) is 28.1. The first-order valence-corrected chi connectivity index (χ1v) is 17.2. The highest BCUT2D eigenvalue weighted by Gasteiger charge is 2.52. The quantitative estimate of drug-likeness (QED) is 0.342. The van der Waals surface area contributed by atoms with Crippen molar-refractivity contribution in [2.75, 3.05) is 13.6 Å². The second kappa shape index (κ2) is 10.5. The highest BCUT2D eigenvalue weighted by atomic mass is 32.2. The average molecular weight is 522 g/mol. The van der Waals surface area contributed by atoms with Crippen molar-refractivity contribution in [3.05, 3.63) is 41.3 Å². The molecule has 3 rings (SSSR count). The van der Waals surface area contributed by atoms with E-state index in [-0.39, 0.29) is 28.1 Å². The van der Waals surface area contributed by atoms with Crippen LogP contribution in [0.4, 0.5) is 0 Å². The Balaban J connectivity index is 1.92. The molecule has 1 aliphatic heterocycles. The number of rotatable bonds is 7. The van der Waals surface area contributed by atoms with E-state index >= 15 is 0 Å². The second-order valence-corrected chi connectivity index (χ2v) is 18.4. The molecule has 0 N–H and O–H groups in total. The van der Waals surface area contributed by atoms with Crippen LogP contribution in [-0.2, 0) is 23.8 Å². The second-order valence-electron chi connectivity index (χ2n) is 11.8. The zero-order chi connectivity index (χ0) is 26.1. The molecule has 0 amide bonds. The van der Waals surface area contributed by atoms with E-state index in [2.05, 4.69) is 33.9 Å². The maximum atomic E-state index is 13.7. The molecule has 2 fully saturated rings. The van der Waals surface area contributed by atoms with E-state index in [0.717, 1.165) is 37.7 Å². The molecule has 196 valence electrons. The number of hydrogen-bond acceptors (Lipinski definition) is 6. The third-order valence-corrected chi connectivity index (χ3v) is 14.0. The van der Waals surface area contributed by atoms with Gasteiger partial charge in [-0.15, -0.1) is 0 Å². The summed E-state index contributed by atoms with van der Waals surface area (Å²) in [5, 5.41) is 1.22. The minimum absolute atomic E-state index is 0.0318. The van der Waals surface area contributed by atoms with Crippen molar-refractivity contribution in [2.24, 2.45) is 0 Å². The van der Waals surface area contributed by atoms with E-state index in [0.29, 0.717) is 13.0 Å². The maximum Gasteiger partial charge on any atom is 0.330 e. The number of likely N-dealkylation sites (N-methyl/N-ethyl adjacent to an activating group) is 1. The van der Waals surface area contributed by atoms with E-state index in [1.807, 2.05) is 18.9 Å². The molecule has 0 unspecified atom stereocenters. The third kappa shape index (κ3) is 6.45. The summed E-state index contributed by atoms with van der Waals surface area (Å²) >= 11 is 0. The lowest BCUT2D eigenvalue weighted by Crippen LogP contribution is -2.49. The van der Waals surface area contributed by atoms with Crippen LogP contribution in [0.25, 0.3) is 0 Å². The van der Waals surface area contributed by atoms with Crippen molar-refractivity contribution in [3.63, 3.8) is 0 Å². The lowest BCUT2D eigenvalue weighted by molar-refractivity contribution is -0.160. The van der Waals surface area contributed by atoms with Gasteiger partial charge in [0, 0.05) is 18.4 Å². The topological polar surface area (TPSA) is 72.9 Å². The van der Waals surface area contributed by atoms with Crippen molar-refractivity contribution < 1.29 is 22.4 Å². The Morgan fingerprint density at radius 3 is 2.26 bits per heavy atom. The highest BCUT2D eigenvalue weighted by molar-refractivity contribution is 7.94. The van der Waals surface area contributed by atoms with Crippen LogP contribution in [0, 0.1) is 6.92 Å². The molecule has 35 heavy (non-hydrogen) atoms. The Labute approximate surface area is 213 Å². The van der Waals surface area contributed by atoms with Gasteiger partial charge in [-0.1, -0.05) is 44.9 Å². The van der Waals surface area contributed by atoms with Crippen LogP contribution in [0.5, 0.6) is 0 Å². The number of carbonyl (C=O) groups is 1. The third-order valence-electron chi connectivity index (χ3n) is 8.02. The van der Waals surface area contributed by atoms with E-state index in [1.165, 1.54) is 5.41 Å². The summed E-state index contributed by atoms with van der Waals surface area (Å²) in [5.74, 6) is -0.372. The van der Waals surface area contributed by atoms with Crippen LogP contribution in [0.3, 0.4) is 0 Å². The Hall–Kier alpha value is -1.48. The Bertz CT molecular complexity index is 1020. The molecule has 8 heteroatoms. The van der Waals surface area contributed by atoms with Gasteiger partial charge in [-0.25, -0.2) is 13.2 Å². The minimum atomic E-state index is -3.72. The van der Waals surface area contributed by atoms with Gasteiger partial charge in [0.2, 0.25) is 0 Å². The van der Waals surface area contributed by atoms with Crippen LogP contribution in [-0.4, -0.2) is 58.9 Å². The number of hydrogen-bond donors (Lipinski definition) is 0. The smallest absolute Gasteiger partial charge is 0.330 e. The molecule has 0 bridgehead atoms. The normalized spacial score (nSPS) is 25.3. The molecule has 0 aromatic heterocycles. The Morgan fingerprint density at radius 1 is 1.09 bits per heavy atom. The summed E-state index contributed by atoms with van der Waals surface area (Å²) in [4.78, 5) is 15.8. The standard InChI is InChI=1S/C27H43NO5SSi/c1-21-13-15-24(16-14-21)34(30,31)18-17-27(25(29)32-22-11-9-8-10-12-22)19-23(20-28(27)5)33-35(6,7)26(2,3)4/h13-18,22-23H,8-12,19-20H2,1-7H3/b18-17+/t23-,27-/m1/s1. The monoisotopic (exact) mass is 521 g/mol. The SMILES string of the molecule is Cc1ccc(S(=O)(=O)/C=C/[C@]2(C(=O)OC3CCCCC3)C[C@@H](O[Si](C)(C)C(C)(C)C)CN2C)cc1. The fourth-order valence-electron chi connectivity index (χ4n) is 4.66. The van der Waals surface area contributed by atoms with Crippen molar-refractivity contribution in [1.82, 2.24) is 4.90 Å². The number of benzene rings is 1. The Morgan fingerprint density at radius 2 is 1.69 bits per heavy atom. The zero-order valence-electron chi connectivity index (χ0n) is 22.5. The molecular formula is C27H43NO5SSi. The lowest BCUT2D eigenvalue weighted by Gasteiger charge is -2.38. The van der Waals surface area contributed by atoms with E-state index in [9.17, 15) is 13.2 Å². The van der Waals surface area contributed by atoms with Crippen molar-refractivity contribution in [2.45, 2.75) is 107 Å². The number of likely N-dealkylation sites (tertiary alicyclic amines) is 1. The molecule has 1 aromatic carbocycles. The van der Waals surface area contributed by atoms with Gasteiger partial charge in [0.05, 0.1) is 11.0 Å². The molecule has 2 aliphatic rings. The molecule has 2 atom stereocenters. The highest BCUT2D eigenvalue weighted by Crippen LogP contribution is 2.41. The first-order valence-electron chi connectivity index (χ1n) is 12.8. The molecule has 1 saturated heterocycles. The summed E-state index contributed by atoms with van der Waals surface area (Å²) in [5.41, 5.74) is -0.191. The largest absolute Gasteiger partial charge is 0.461 e. The first-order chi connectivity index (χ1) is 16.2. The van der Waals surface area contributed by atoms with Gasteiger partial charge in [-0.3, -0.25) is 4.90 Å². The fourth-order valence-corrected chi connectivity index (χ4v) is 7.08. The summed E-state index contributed by atoms with van der Waals surface area (Å²) in [6.07, 6.45) is 6.63. The summed E-state index contributed by atoms with van der Waals surface area (Å²) in [7, 11) is -3.93. The number of aryl methyl sites for hydroxylation is 1. The number of esters is 1. The Kier molecular flexibility index (Phi) is 8.41. The van der Waals surface area contributed by atoms with E-state index in [1.54, 1.807) is 30.3 Å². The molecule has 0 radical (unpaired) electrons. The summed E-state index contributed by atoms with van der Waals surface area (Å²) in [6, 6.07) is 6.75. The average Bonchev–Trinajstić information content (AvgIpc) is 3.08. The van der Waals surface area contributed by atoms with Crippen LogP contribution < -0.4 is 0 Å². The van der Waals surface area contributed by atoms with Crippen LogP contribution >= 0.6 is 0 Å². The van der Waals surface area contributed by atoms with Crippen LogP contribution in [0.1, 0.15) is 64.9 Å². The molecule has 1 aromatic rings. The van der Waals surface area contributed by atoms with Gasteiger partial charge >= 0.3 is 5.97 Å². The molecule has 1 heterocycles. The number of nitrogens with zero attached hydrogens (tertiary/aromatic N) is 1. The van der Waals surface area contributed by atoms with Gasteiger partial charge in [0.15, 0.2) is 18.2 Å². The van der Waals surface area contributed by atoms with E-state index < -0.39 is 23.7 Å².